The molecule has 0 aromatic rings. The van der Waals surface area contributed by atoms with Crippen molar-refractivity contribution in [1.29, 1.82) is 0 Å². The Morgan fingerprint density at radius 1 is 1.25 bits per heavy atom. The highest BCUT2D eigenvalue weighted by Gasteiger charge is 2.59. The van der Waals surface area contributed by atoms with E-state index in [9.17, 15) is 24.6 Å². The number of ether oxygens (including phenoxy) is 3. The molecule has 8 heteroatoms. The molecule has 2 saturated heterocycles. The maximum atomic E-state index is 13.6. The van der Waals surface area contributed by atoms with Gasteiger partial charge in [-0.25, -0.2) is 4.79 Å². The maximum absolute atomic E-state index is 13.6. The Morgan fingerprint density at radius 2 is 1.94 bits per heavy atom. The number of carbonyl (C=O) groups is 3. The number of rotatable bonds is 8. The van der Waals surface area contributed by atoms with E-state index in [1.807, 2.05) is 20.8 Å². The van der Waals surface area contributed by atoms with Crippen LogP contribution < -0.4 is 0 Å². The molecule has 0 aromatic carbocycles. The Morgan fingerprint density at radius 3 is 2.56 bits per heavy atom. The van der Waals surface area contributed by atoms with Gasteiger partial charge in [-0.3, -0.25) is 9.59 Å². The van der Waals surface area contributed by atoms with Crippen molar-refractivity contribution in [3.8, 4) is 0 Å². The number of Topliss-reactive ketones (excluding diaryl/α,β-unsaturated/α-hetero) is 1. The second kappa shape index (κ2) is 11.3. The summed E-state index contributed by atoms with van der Waals surface area (Å²) in [5.74, 6) is -2.23. The molecule has 1 saturated carbocycles. The largest absolute Gasteiger partial charge is 0.454 e. The first-order chi connectivity index (χ1) is 16.9. The van der Waals surface area contributed by atoms with E-state index in [0.29, 0.717) is 25.7 Å². The van der Waals surface area contributed by atoms with E-state index >= 15 is 0 Å². The minimum absolute atomic E-state index is 0.0351. The second-order valence-electron chi connectivity index (χ2n) is 11.5. The van der Waals surface area contributed by atoms with Crippen molar-refractivity contribution in [2.75, 3.05) is 6.61 Å². The van der Waals surface area contributed by atoms with Crippen LogP contribution in [-0.4, -0.2) is 64.1 Å². The Labute approximate surface area is 214 Å². The lowest BCUT2D eigenvalue weighted by Crippen LogP contribution is -2.64. The summed E-state index contributed by atoms with van der Waals surface area (Å²) in [6, 6.07) is 0. The highest BCUT2D eigenvalue weighted by Crippen LogP contribution is 2.52. The van der Waals surface area contributed by atoms with Crippen molar-refractivity contribution in [2.24, 2.45) is 23.7 Å². The van der Waals surface area contributed by atoms with E-state index in [1.165, 1.54) is 0 Å². The van der Waals surface area contributed by atoms with Gasteiger partial charge in [0.1, 0.15) is 17.5 Å². The maximum Gasteiger partial charge on any atom is 0.348 e. The first-order valence-corrected chi connectivity index (χ1v) is 13.5. The summed E-state index contributed by atoms with van der Waals surface area (Å²) in [7, 11) is 0. The highest BCUT2D eigenvalue weighted by atomic mass is 16.6. The third kappa shape index (κ3) is 5.70. The number of ketones is 1. The fourth-order valence-electron chi connectivity index (χ4n) is 6.47. The number of allylic oxidation sites excluding steroid dienone is 1. The molecule has 2 bridgehead atoms. The molecule has 2 N–H and O–H groups in total. The summed E-state index contributed by atoms with van der Waals surface area (Å²) in [4.78, 5) is 38.9. The molecule has 3 aliphatic rings. The van der Waals surface area contributed by atoms with E-state index in [1.54, 1.807) is 13.8 Å². The van der Waals surface area contributed by atoms with Gasteiger partial charge in [0.05, 0.1) is 11.7 Å². The molecule has 0 spiro atoms. The fourth-order valence-corrected chi connectivity index (χ4v) is 6.47. The molecule has 3 rings (SSSR count). The van der Waals surface area contributed by atoms with Gasteiger partial charge in [0.25, 0.3) is 0 Å². The third-order valence-corrected chi connectivity index (χ3v) is 8.57. The van der Waals surface area contributed by atoms with E-state index in [4.69, 9.17) is 14.2 Å². The van der Waals surface area contributed by atoms with Crippen molar-refractivity contribution in [1.82, 2.24) is 0 Å². The number of fused-ring (bicyclic) bond motifs is 4. The molecular weight excluding hydrogens is 464 g/mol. The molecule has 3 fully saturated rings. The zero-order chi connectivity index (χ0) is 26.8. The van der Waals surface area contributed by atoms with E-state index < -0.39 is 47.4 Å². The Bertz CT molecular complexity index is 850. The third-order valence-electron chi connectivity index (χ3n) is 8.57. The quantitative estimate of drug-likeness (QED) is 0.378. The zero-order valence-corrected chi connectivity index (χ0v) is 22.5. The van der Waals surface area contributed by atoms with Crippen LogP contribution >= 0.6 is 0 Å². The summed E-state index contributed by atoms with van der Waals surface area (Å²) in [6.45, 7) is 13.2. The molecule has 0 aromatic heterocycles. The van der Waals surface area contributed by atoms with Gasteiger partial charge in [0.15, 0.2) is 6.10 Å². The molecule has 36 heavy (non-hydrogen) atoms. The molecule has 0 radical (unpaired) electrons. The average molecular weight is 509 g/mol. The molecule has 2 heterocycles. The summed E-state index contributed by atoms with van der Waals surface area (Å²) in [5, 5.41) is 21.2. The van der Waals surface area contributed by atoms with Gasteiger partial charge in [-0.15, -0.1) is 0 Å². The van der Waals surface area contributed by atoms with Crippen molar-refractivity contribution >= 4 is 17.7 Å². The monoisotopic (exact) mass is 508 g/mol. The summed E-state index contributed by atoms with van der Waals surface area (Å²) in [6.07, 6.45) is 0.993. The predicted octanol–water partition coefficient (Wildman–Crippen LogP) is 3.51. The molecule has 0 amide bonds. The Balaban J connectivity index is 2.00. The molecule has 2 aliphatic heterocycles. The smallest absolute Gasteiger partial charge is 0.348 e. The molecule has 1 aliphatic carbocycles. The zero-order valence-electron chi connectivity index (χ0n) is 22.5. The number of aliphatic hydroxyl groups is 2. The first-order valence-electron chi connectivity index (χ1n) is 13.5. The van der Waals surface area contributed by atoms with Crippen LogP contribution in [0.5, 0.6) is 0 Å². The van der Waals surface area contributed by atoms with Crippen LogP contribution in [0.2, 0.25) is 0 Å². The van der Waals surface area contributed by atoms with Crippen molar-refractivity contribution in [2.45, 2.75) is 115 Å². The van der Waals surface area contributed by atoms with Gasteiger partial charge >= 0.3 is 11.9 Å². The number of hydrogen-bond acceptors (Lipinski definition) is 8. The number of hydrogen-bond donors (Lipinski definition) is 2. The van der Waals surface area contributed by atoms with Crippen molar-refractivity contribution in [3.63, 3.8) is 0 Å². The van der Waals surface area contributed by atoms with E-state index in [0.717, 1.165) is 12.0 Å². The second-order valence-corrected chi connectivity index (χ2v) is 11.5. The van der Waals surface area contributed by atoms with Crippen LogP contribution in [-0.2, 0) is 28.6 Å². The topological polar surface area (TPSA) is 119 Å². The van der Waals surface area contributed by atoms with Gasteiger partial charge in [-0.1, -0.05) is 32.9 Å². The molecule has 8 nitrogen and oxygen atoms in total. The number of esters is 2. The van der Waals surface area contributed by atoms with Gasteiger partial charge in [-0.2, -0.15) is 0 Å². The molecule has 9 atom stereocenters. The molecular formula is C28H44O8. The lowest BCUT2D eigenvalue weighted by molar-refractivity contribution is -0.259. The molecule has 204 valence electrons. The van der Waals surface area contributed by atoms with Crippen LogP contribution in [0, 0.1) is 23.7 Å². The lowest BCUT2D eigenvalue weighted by atomic mass is 9.57. The van der Waals surface area contributed by atoms with Gasteiger partial charge in [0.2, 0.25) is 0 Å². The van der Waals surface area contributed by atoms with Gasteiger partial charge < -0.3 is 24.4 Å². The summed E-state index contributed by atoms with van der Waals surface area (Å²) >= 11 is 0. The molecule has 2 unspecified atom stereocenters. The van der Waals surface area contributed by atoms with Gasteiger partial charge in [0, 0.05) is 31.3 Å². The Kier molecular flexibility index (Phi) is 9.05. The van der Waals surface area contributed by atoms with Crippen LogP contribution in [0.15, 0.2) is 12.2 Å². The minimum Gasteiger partial charge on any atom is -0.454 e. The lowest BCUT2D eigenvalue weighted by Gasteiger charge is -2.56. The summed E-state index contributed by atoms with van der Waals surface area (Å²) < 4.78 is 18.1. The van der Waals surface area contributed by atoms with Crippen molar-refractivity contribution in [3.05, 3.63) is 12.2 Å². The van der Waals surface area contributed by atoms with Crippen LogP contribution in [0.4, 0.5) is 0 Å². The van der Waals surface area contributed by atoms with E-state index in [2.05, 4.69) is 6.58 Å². The highest BCUT2D eigenvalue weighted by molar-refractivity contribution is 5.85. The van der Waals surface area contributed by atoms with Crippen LogP contribution in [0.1, 0.15) is 86.0 Å². The standard InChI is InChI=1S/C28H44O8/c1-7-9-22(31)34-20(8-2)26(32)36-28(6)13-12-21-27(5,33)14-19(30)23-16(3)10-11-18(17(4)15-29)24(23)25(28)35-21/h17-18,20-21,23-25,29,33H,3,7-15H2,1-2,4-6H3/t17?,18-,20?,21-,23-,24-,25-,27-,28-/m1/s1. The van der Waals surface area contributed by atoms with Gasteiger partial charge in [-0.05, 0) is 64.2 Å². The Hall–Kier alpha value is -1.77. The van der Waals surface area contributed by atoms with E-state index in [-0.39, 0.29) is 49.4 Å². The predicted molar refractivity (Wildman–Crippen MR) is 133 cm³/mol. The SMILES string of the molecule is C=C1CC[C@H](C(C)CO)[C@@H]2[C@H]1C(=O)C[C@@](C)(O)[C@H]1CC[C@@](C)(OC(=O)C(CC)OC(=O)CCC)[C@@H]2O1. The normalized spacial score (nSPS) is 38.2. The number of carbonyl (C=O) groups excluding carboxylic acids is 3. The first kappa shape index (κ1) is 28.8. The fraction of sp³-hybridized carbons (Fsp3) is 0.821. The van der Waals surface area contributed by atoms with Crippen LogP contribution in [0.25, 0.3) is 0 Å². The minimum atomic E-state index is -1.36. The van der Waals surface area contributed by atoms with Crippen molar-refractivity contribution < 1.29 is 38.8 Å². The number of aliphatic hydroxyl groups excluding tert-OH is 1. The average Bonchev–Trinajstić information content (AvgIpc) is 2.80. The van der Waals surface area contributed by atoms with Crippen LogP contribution in [0.3, 0.4) is 0 Å². The summed E-state index contributed by atoms with van der Waals surface area (Å²) in [5.41, 5.74) is -1.67.